The van der Waals surface area contributed by atoms with Crippen molar-refractivity contribution >= 4 is 27.0 Å². The second-order valence-corrected chi connectivity index (χ2v) is 11.7. The van der Waals surface area contributed by atoms with Gasteiger partial charge >= 0.3 is 15.4 Å². The Hall–Kier alpha value is -0.450. The lowest BCUT2D eigenvalue weighted by Crippen LogP contribution is -1.97. The Morgan fingerprint density at radius 3 is 1.80 bits per heavy atom. The summed E-state index contributed by atoms with van der Waals surface area (Å²) >= 11 is 6.11. The fraction of sp³-hybridized carbons (Fsp3) is 0.619. The van der Waals surface area contributed by atoms with Crippen LogP contribution in [0.25, 0.3) is 0 Å². The number of halogens is 1. The first-order valence-corrected chi connectivity index (χ1v) is 13.9. The molecule has 0 spiro atoms. The lowest BCUT2D eigenvalue weighted by Gasteiger charge is -2.14. The molecule has 30 heavy (non-hydrogen) atoms. The van der Waals surface area contributed by atoms with Crippen LogP contribution in [0, 0.1) is 0 Å². The van der Waals surface area contributed by atoms with E-state index in [2.05, 4.69) is 54.8 Å². The molecule has 0 aromatic rings. The summed E-state index contributed by atoms with van der Waals surface area (Å²) in [7, 11) is -8.77. The molecule has 0 amide bonds. The molecule has 174 valence electrons. The highest BCUT2D eigenvalue weighted by Crippen LogP contribution is 2.58. The molecule has 0 bridgehead atoms. The summed E-state index contributed by atoms with van der Waals surface area (Å²) in [5, 5.41) is 0.276. The van der Waals surface area contributed by atoms with Gasteiger partial charge in [-0.05, 0) is 73.1 Å². The van der Waals surface area contributed by atoms with Crippen LogP contribution in [0.5, 0.6) is 0 Å². The minimum Gasteiger partial charge on any atom is -0.324 e. The van der Waals surface area contributed by atoms with Gasteiger partial charge in [-0.15, -0.1) is 0 Å². The fourth-order valence-corrected chi connectivity index (χ4v) is 4.72. The van der Waals surface area contributed by atoms with Gasteiger partial charge in [-0.3, -0.25) is 9.09 Å². The number of hydrogen-bond acceptors (Lipinski definition) is 4. The van der Waals surface area contributed by atoms with Gasteiger partial charge in [0.2, 0.25) is 0 Å². The van der Waals surface area contributed by atoms with Crippen molar-refractivity contribution in [2.75, 3.05) is 13.3 Å². The smallest absolute Gasteiger partial charge is 0.324 e. The van der Waals surface area contributed by atoms with E-state index in [1.54, 1.807) is 0 Å². The Labute approximate surface area is 186 Å². The maximum absolute atomic E-state index is 11.6. The molecule has 2 N–H and O–H groups in total. The summed E-state index contributed by atoms with van der Waals surface area (Å²) in [6.45, 7) is 10.8. The zero-order valence-corrected chi connectivity index (χ0v) is 21.5. The first kappa shape index (κ1) is 29.5. The number of phosphoric ester groups is 1. The van der Waals surface area contributed by atoms with Crippen molar-refractivity contribution in [3.63, 3.8) is 0 Å². The molecule has 0 aromatic carbocycles. The molecule has 6 nitrogen and oxygen atoms in total. The van der Waals surface area contributed by atoms with E-state index < -0.39 is 15.4 Å². The summed E-state index contributed by atoms with van der Waals surface area (Å²) in [6, 6.07) is 0. The van der Waals surface area contributed by atoms with E-state index in [9.17, 15) is 14.0 Å². The quantitative estimate of drug-likeness (QED) is 0.195. The first-order valence-electron chi connectivity index (χ1n) is 9.99. The SMILES string of the molecule is CC(C)=CCC/C(C)=C/CC/C(C)=C/CCC(C)=C(Cl)COP(=O)(O)OP(C)(=O)O. The van der Waals surface area contributed by atoms with Gasteiger partial charge in [-0.2, -0.15) is 0 Å². The number of allylic oxidation sites excluding steroid dienone is 7. The highest BCUT2D eigenvalue weighted by molar-refractivity contribution is 7.63. The molecule has 0 saturated heterocycles. The molecule has 0 aromatic heterocycles. The van der Waals surface area contributed by atoms with E-state index in [0.717, 1.165) is 44.3 Å². The standard InChI is InChI=1S/C21H37ClO6P2/c1-17(2)10-7-11-18(3)12-8-13-19(4)14-9-15-20(5)21(22)16-27-30(25,26)28-29(6,23)24/h10,12,14H,7-9,11,13,15-16H2,1-6H3,(H,23,24)(H,25,26)/b18-12+,19-14+,21-20?. The van der Waals surface area contributed by atoms with E-state index in [1.165, 1.54) is 16.7 Å². The second kappa shape index (κ2) is 14.6. The monoisotopic (exact) mass is 482 g/mol. The molecule has 0 aliphatic heterocycles. The van der Waals surface area contributed by atoms with Gasteiger partial charge < -0.3 is 9.79 Å². The predicted octanol–water partition coefficient (Wildman–Crippen LogP) is 7.65. The zero-order valence-electron chi connectivity index (χ0n) is 19.0. The molecule has 0 fully saturated rings. The highest BCUT2D eigenvalue weighted by atomic mass is 35.5. The van der Waals surface area contributed by atoms with Crippen molar-refractivity contribution in [3.8, 4) is 0 Å². The van der Waals surface area contributed by atoms with Crippen LogP contribution in [0.4, 0.5) is 0 Å². The molecule has 0 rings (SSSR count). The normalized spacial score (nSPS) is 17.8. The van der Waals surface area contributed by atoms with Gasteiger partial charge in [0.25, 0.3) is 0 Å². The summed E-state index contributed by atoms with van der Waals surface area (Å²) in [5.74, 6) is 0. The van der Waals surface area contributed by atoms with Crippen LogP contribution in [-0.4, -0.2) is 23.1 Å². The lowest BCUT2D eigenvalue weighted by molar-refractivity contribution is 0.212. The van der Waals surface area contributed by atoms with Crippen molar-refractivity contribution in [3.05, 3.63) is 45.6 Å². The largest absolute Gasteiger partial charge is 0.479 e. The Morgan fingerprint density at radius 2 is 1.33 bits per heavy atom. The third-order valence-electron chi connectivity index (χ3n) is 4.21. The van der Waals surface area contributed by atoms with Gasteiger partial charge in [0.15, 0.2) is 0 Å². The third-order valence-corrected chi connectivity index (χ3v) is 7.13. The van der Waals surface area contributed by atoms with Gasteiger partial charge in [-0.1, -0.05) is 52.1 Å². The highest BCUT2D eigenvalue weighted by Gasteiger charge is 2.30. The Balaban J connectivity index is 4.40. The minimum absolute atomic E-state index is 0.276. The van der Waals surface area contributed by atoms with Crippen LogP contribution >= 0.6 is 27.0 Å². The average Bonchev–Trinajstić information content (AvgIpc) is 2.57. The maximum atomic E-state index is 11.6. The fourth-order valence-electron chi connectivity index (χ4n) is 2.49. The van der Waals surface area contributed by atoms with Crippen LogP contribution in [0.3, 0.4) is 0 Å². The van der Waals surface area contributed by atoms with E-state index in [-0.39, 0.29) is 11.6 Å². The Morgan fingerprint density at radius 1 is 0.867 bits per heavy atom. The molecular formula is C21H37ClO6P2. The molecule has 0 aliphatic carbocycles. The minimum atomic E-state index is -4.63. The topological polar surface area (TPSA) is 93.1 Å². The molecule has 0 aliphatic rings. The van der Waals surface area contributed by atoms with Crippen molar-refractivity contribution in [1.82, 2.24) is 0 Å². The van der Waals surface area contributed by atoms with Crippen LogP contribution < -0.4 is 0 Å². The summed E-state index contributed by atoms with van der Waals surface area (Å²) in [6.07, 6.45) is 12.4. The van der Waals surface area contributed by atoms with Crippen molar-refractivity contribution < 1.29 is 27.8 Å². The maximum Gasteiger partial charge on any atom is 0.479 e. The van der Waals surface area contributed by atoms with Gasteiger partial charge in [0, 0.05) is 11.7 Å². The Bertz CT molecular complexity index is 757. The molecule has 2 unspecified atom stereocenters. The predicted molar refractivity (Wildman–Crippen MR) is 126 cm³/mol. The molecular weight excluding hydrogens is 446 g/mol. The van der Waals surface area contributed by atoms with E-state index >= 15 is 0 Å². The van der Waals surface area contributed by atoms with Gasteiger partial charge in [0.05, 0.1) is 6.61 Å². The van der Waals surface area contributed by atoms with Crippen LogP contribution in [0.15, 0.2) is 45.6 Å². The van der Waals surface area contributed by atoms with E-state index in [4.69, 9.17) is 16.5 Å². The van der Waals surface area contributed by atoms with Gasteiger partial charge in [-0.25, -0.2) is 8.88 Å². The average molecular weight is 483 g/mol. The third kappa shape index (κ3) is 17.3. The van der Waals surface area contributed by atoms with E-state index in [0.29, 0.717) is 6.42 Å². The molecule has 0 saturated carbocycles. The summed E-state index contributed by atoms with van der Waals surface area (Å²) in [4.78, 5) is 18.4. The lowest BCUT2D eigenvalue weighted by atomic mass is 10.0. The number of hydrogen-bond donors (Lipinski definition) is 2. The van der Waals surface area contributed by atoms with Crippen molar-refractivity contribution in [2.45, 2.75) is 73.1 Å². The molecule has 0 radical (unpaired) electrons. The van der Waals surface area contributed by atoms with Crippen LogP contribution in [0.2, 0.25) is 0 Å². The first-order chi connectivity index (χ1) is 13.7. The van der Waals surface area contributed by atoms with Crippen LogP contribution in [0.1, 0.15) is 73.1 Å². The van der Waals surface area contributed by atoms with Crippen LogP contribution in [-0.2, 0) is 18.0 Å². The van der Waals surface area contributed by atoms with Gasteiger partial charge in [0.1, 0.15) is 0 Å². The summed E-state index contributed by atoms with van der Waals surface area (Å²) < 4.78 is 31.5. The Kier molecular flexibility index (Phi) is 14.4. The van der Waals surface area contributed by atoms with E-state index in [1.807, 2.05) is 6.92 Å². The number of phosphoric acid groups is 1. The zero-order chi connectivity index (χ0) is 23.4. The number of rotatable bonds is 14. The molecule has 2 atom stereocenters. The second-order valence-electron chi connectivity index (χ2n) is 7.81. The van der Waals surface area contributed by atoms with Crippen molar-refractivity contribution in [1.29, 1.82) is 0 Å². The van der Waals surface area contributed by atoms with Crippen molar-refractivity contribution in [2.24, 2.45) is 0 Å². The molecule has 0 heterocycles. The molecule has 9 heteroatoms. The summed E-state index contributed by atoms with van der Waals surface area (Å²) in [5.41, 5.74) is 4.89.